The van der Waals surface area contributed by atoms with E-state index in [1.54, 1.807) is 6.07 Å². The minimum atomic E-state index is -1.01. The van der Waals surface area contributed by atoms with Crippen LogP contribution in [-0.2, 0) is 11.3 Å². The van der Waals surface area contributed by atoms with Gasteiger partial charge in [-0.15, -0.1) is 0 Å². The van der Waals surface area contributed by atoms with E-state index in [1.165, 1.54) is 6.92 Å². The highest BCUT2D eigenvalue weighted by Gasteiger charge is 2.08. The Bertz CT molecular complexity index is 670. The topological polar surface area (TPSA) is 73.1 Å². The lowest BCUT2D eigenvalue weighted by molar-refractivity contribution is -0.128. The summed E-state index contributed by atoms with van der Waals surface area (Å²) >= 11 is 0. The van der Waals surface area contributed by atoms with Crippen molar-refractivity contribution in [3.8, 4) is 17.2 Å². The predicted octanol–water partition coefficient (Wildman–Crippen LogP) is 2.22. The monoisotopic (exact) mass is 280 g/mol. The number of aliphatic hydroxyl groups is 1. The van der Waals surface area contributed by atoms with Gasteiger partial charge >= 0.3 is 0 Å². The molecule has 2 rings (SSSR count). The van der Waals surface area contributed by atoms with Gasteiger partial charge in [-0.05, 0) is 29.7 Å². The zero-order valence-corrected chi connectivity index (χ0v) is 11.7. The molecule has 2 aromatic rings. The Labute approximate surface area is 123 Å². The summed E-state index contributed by atoms with van der Waals surface area (Å²) in [5, 5.41) is 20.9. The van der Waals surface area contributed by atoms with Gasteiger partial charge in [-0.1, -0.05) is 42.5 Å². The van der Waals surface area contributed by atoms with E-state index in [0.717, 1.165) is 16.7 Å². The summed E-state index contributed by atoms with van der Waals surface area (Å²) in [7, 11) is 0. The van der Waals surface area contributed by atoms with Gasteiger partial charge in [-0.25, -0.2) is 0 Å². The summed E-state index contributed by atoms with van der Waals surface area (Å²) in [5.74, 6) is -0.395. The number of carbonyl (C=O) groups is 1. The second-order valence-electron chi connectivity index (χ2n) is 4.75. The molecule has 21 heavy (non-hydrogen) atoms. The fraction of sp³-hybridized carbons (Fsp3) is 0.176. The number of benzene rings is 2. The number of nitriles is 1. The van der Waals surface area contributed by atoms with Gasteiger partial charge in [0.25, 0.3) is 0 Å². The molecule has 0 saturated carbocycles. The third-order valence-electron chi connectivity index (χ3n) is 3.16. The van der Waals surface area contributed by atoms with E-state index in [2.05, 4.69) is 11.4 Å². The molecule has 0 saturated heterocycles. The summed E-state index contributed by atoms with van der Waals surface area (Å²) in [6, 6.07) is 17.2. The van der Waals surface area contributed by atoms with Gasteiger partial charge < -0.3 is 10.4 Å². The zero-order valence-electron chi connectivity index (χ0n) is 11.7. The van der Waals surface area contributed by atoms with E-state index < -0.39 is 12.0 Å². The Morgan fingerprint density at radius 3 is 2.52 bits per heavy atom. The minimum absolute atomic E-state index is 0.365. The molecule has 0 radical (unpaired) electrons. The van der Waals surface area contributed by atoms with E-state index in [0.29, 0.717) is 12.1 Å². The molecule has 1 atom stereocenters. The molecular formula is C17H16N2O2. The molecule has 0 aliphatic rings. The van der Waals surface area contributed by atoms with E-state index in [1.807, 2.05) is 42.5 Å². The van der Waals surface area contributed by atoms with Crippen LogP contribution in [0.25, 0.3) is 11.1 Å². The van der Waals surface area contributed by atoms with Crippen LogP contribution in [-0.4, -0.2) is 17.1 Å². The van der Waals surface area contributed by atoms with Crippen molar-refractivity contribution >= 4 is 5.91 Å². The molecule has 1 amide bonds. The van der Waals surface area contributed by atoms with E-state index >= 15 is 0 Å². The number of nitrogens with zero attached hydrogens (tertiary/aromatic N) is 1. The molecule has 0 aliphatic heterocycles. The first kappa shape index (κ1) is 14.8. The Balaban J connectivity index is 2.13. The molecule has 0 bridgehead atoms. The van der Waals surface area contributed by atoms with Crippen LogP contribution in [0.15, 0.2) is 48.5 Å². The summed E-state index contributed by atoms with van der Waals surface area (Å²) in [5.41, 5.74) is 3.41. The van der Waals surface area contributed by atoms with Crippen molar-refractivity contribution in [2.75, 3.05) is 0 Å². The third kappa shape index (κ3) is 3.68. The highest BCUT2D eigenvalue weighted by atomic mass is 16.3. The molecule has 0 fully saturated rings. The molecule has 1 unspecified atom stereocenters. The van der Waals surface area contributed by atoms with Crippen molar-refractivity contribution in [2.24, 2.45) is 0 Å². The van der Waals surface area contributed by atoms with Crippen LogP contribution in [0.4, 0.5) is 0 Å². The van der Waals surface area contributed by atoms with E-state index in [4.69, 9.17) is 10.4 Å². The van der Waals surface area contributed by atoms with Gasteiger partial charge in [-0.3, -0.25) is 4.79 Å². The first-order valence-electron chi connectivity index (χ1n) is 6.66. The van der Waals surface area contributed by atoms with Crippen LogP contribution in [0.5, 0.6) is 0 Å². The Morgan fingerprint density at radius 2 is 1.90 bits per heavy atom. The van der Waals surface area contributed by atoms with E-state index in [-0.39, 0.29) is 0 Å². The predicted molar refractivity (Wildman–Crippen MR) is 80.1 cm³/mol. The van der Waals surface area contributed by atoms with Crippen LogP contribution in [0.1, 0.15) is 18.1 Å². The Hall–Kier alpha value is -2.64. The largest absolute Gasteiger partial charge is 0.384 e. The van der Waals surface area contributed by atoms with Crippen molar-refractivity contribution in [1.29, 1.82) is 5.26 Å². The standard InChI is InChI=1S/C17H16N2O2/c1-12(20)17(21)19-11-13-6-8-14(9-7-13)16-5-3-2-4-15(16)10-18/h2-9,12,20H,11H2,1H3,(H,19,21). The van der Waals surface area contributed by atoms with Crippen molar-refractivity contribution in [1.82, 2.24) is 5.32 Å². The van der Waals surface area contributed by atoms with Gasteiger partial charge in [0, 0.05) is 6.54 Å². The average molecular weight is 280 g/mol. The maximum absolute atomic E-state index is 11.3. The molecule has 2 N–H and O–H groups in total. The molecule has 4 nitrogen and oxygen atoms in total. The fourth-order valence-corrected chi connectivity index (χ4v) is 1.97. The van der Waals surface area contributed by atoms with Crippen molar-refractivity contribution in [2.45, 2.75) is 19.6 Å². The highest BCUT2D eigenvalue weighted by Crippen LogP contribution is 2.23. The zero-order chi connectivity index (χ0) is 15.2. The normalized spacial score (nSPS) is 11.5. The molecule has 106 valence electrons. The first-order valence-corrected chi connectivity index (χ1v) is 6.66. The van der Waals surface area contributed by atoms with Crippen molar-refractivity contribution in [3.63, 3.8) is 0 Å². The van der Waals surface area contributed by atoms with E-state index in [9.17, 15) is 4.79 Å². The Morgan fingerprint density at radius 1 is 1.24 bits per heavy atom. The molecule has 0 aromatic heterocycles. The van der Waals surface area contributed by atoms with Crippen molar-refractivity contribution in [3.05, 3.63) is 59.7 Å². The van der Waals surface area contributed by atoms with Crippen LogP contribution in [0.3, 0.4) is 0 Å². The quantitative estimate of drug-likeness (QED) is 0.902. The van der Waals surface area contributed by atoms with Gasteiger partial charge in [-0.2, -0.15) is 5.26 Å². The maximum Gasteiger partial charge on any atom is 0.248 e. The number of nitrogens with one attached hydrogen (secondary N) is 1. The summed E-state index contributed by atoms with van der Waals surface area (Å²) in [6.07, 6.45) is -1.01. The number of rotatable bonds is 4. The minimum Gasteiger partial charge on any atom is -0.384 e. The second kappa shape index (κ2) is 6.69. The maximum atomic E-state index is 11.3. The number of hydrogen-bond acceptors (Lipinski definition) is 3. The lowest BCUT2D eigenvalue weighted by atomic mass is 9.99. The van der Waals surface area contributed by atoms with Crippen LogP contribution < -0.4 is 5.32 Å². The Kier molecular flexibility index (Phi) is 4.70. The fourth-order valence-electron chi connectivity index (χ4n) is 1.97. The SMILES string of the molecule is CC(O)C(=O)NCc1ccc(-c2ccccc2C#N)cc1. The smallest absolute Gasteiger partial charge is 0.248 e. The number of carbonyl (C=O) groups excluding carboxylic acids is 1. The number of aliphatic hydroxyl groups excluding tert-OH is 1. The summed E-state index contributed by atoms with van der Waals surface area (Å²) in [4.78, 5) is 11.3. The molecule has 4 heteroatoms. The second-order valence-corrected chi connectivity index (χ2v) is 4.75. The summed E-state index contributed by atoms with van der Waals surface area (Å²) < 4.78 is 0. The molecule has 0 aliphatic carbocycles. The lowest BCUT2D eigenvalue weighted by Gasteiger charge is -2.08. The summed E-state index contributed by atoms with van der Waals surface area (Å²) in [6.45, 7) is 1.79. The van der Waals surface area contributed by atoms with Gasteiger partial charge in [0.1, 0.15) is 6.10 Å². The molecule has 0 spiro atoms. The highest BCUT2D eigenvalue weighted by molar-refractivity contribution is 5.80. The molecular weight excluding hydrogens is 264 g/mol. The molecule has 2 aromatic carbocycles. The van der Waals surface area contributed by atoms with Gasteiger partial charge in [0.05, 0.1) is 11.6 Å². The first-order chi connectivity index (χ1) is 10.1. The van der Waals surface area contributed by atoms with Crippen LogP contribution in [0, 0.1) is 11.3 Å². The number of amides is 1. The number of hydrogen-bond donors (Lipinski definition) is 2. The van der Waals surface area contributed by atoms with Crippen molar-refractivity contribution < 1.29 is 9.90 Å². The third-order valence-corrected chi connectivity index (χ3v) is 3.16. The van der Waals surface area contributed by atoms with Crippen LogP contribution >= 0.6 is 0 Å². The van der Waals surface area contributed by atoms with Gasteiger partial charge in [0.2, 0.25) is 5.91 Å². The lowest BCUT2D eigenvalue weighted by Crippen LogP contribution is -2.31. The average Bonchev–Trinajstić information content (AvgIpc) is 2.53. The van der Waals surface area contributed by atoms with Crippen LogP contribution in [0.2, 0.25) is 0 Å². The molecule has 0 heterocycles. The van der Waals surface area contributed by atoms with Gasteiger partial charge in [0.15, 0.2) is 0 Å².